The summed E-state index contributed by atoms with van der Waals surface area (Å²) in [5.74, 6) is -0.594. The highest BCUT2D eigenvalue weighted by atomic mass is 16.5. The number of amides is 3. The molecule has 7 nitrogen and oxygen atoms in total. The average Bonchev–Trinajstić information content (AvgIpc) is 2.61. The molecule has 1 aromatic rings. The number of piperidine rings is 1. The number of carbonyl (C=O) groups is 3. The molecule has 1 fully saturated rings. The largest absolute Gasteiger partial charge is 0.465 e. The molecule has 1 saturated heterocycles. The van der Waals surface area contributed by atoms with Crippen LogP contribution in [0.15, 0.2) is 24.3 Å². The van der Waals surface area contributed by atoms with Crippen molar-refractivity contribution in [1.82, 2.24) is 10.2 Å². The second kappa shape index (κ2) is 8.50. The summed E-state index contributed by atoms with van der Waals surface area (Å²) in [5, 5.41) is 5.73. The van der Waals surface area contributed by atoms with Gasteiger partial charge in [-0.05, 0) is 51.0 Å². The van der Waals surface area contributed by atoms with E-state index in [4.69, 9.17) is 0 Å². The molecule has 1 aliphatic rings. The van der Waals surface area contributed by atoms with Crippen LogP contribution < -0.4 is 10.6 Å². The van der Waals surface area contributed by atoms with Crippen LogP contribution in [-0.2, 0) is 9.53 Å². The van der Waals surface area contributed by atoms with E-state index in [9.17, 15) is 14.4 Å². The Hall–Kier alpha value is -2.57. The van der Waals surface area contributed by atoms with Crippen molar-refractivity contribution in [2.24, 2.45) is 5.92 Å². The summed E-state index contributed by atoms with van der Waals surface area (Å²) < 4.78 is 4.64. The van der Waals surface area contributed by atoms with Gasteiger partial charge in [0.05, 0.1) is 12.7 Å². The van der Waals surface area contributed by atoms with Crippen molar-refractivity contribution in [2.45, 2.75) is 32.7 Å². The van der Waals surface area contributed by atoms with Gasteiger partial charge in [0.25, 0.3) is 0 Å². The number of urea groups is 1. The lowest BCUT2D eigenvalue weighted by Crippen LogP contribution is -2.47. The van der Waals surface area contributed by atoms with Crippen LogP contribution in [0.1, 0.15) is 37.0 Å². The second-order valence-electron chi connectivity index (χ2n) is 6.42. The molecule has 2 N–H and O–H groups in total. The lowest BCUT2D eigenvalue weighted by Gasteiger charge is -2.32. The van der Waals surface area contributed by atoms with Gasteiger partial charge in [0, 0.05) is 30.7 Å². The number of esters is 1. The number of ether oxygens (including phenoxy) is 1. The Labute approximate surface area is 147 Å². The smallest absolute Gasteiger partial charge is 0.337 e. The van der Waals surface area contributed by atoms with Crippen molar-refractivity contribution in [3.63, 3.8) is 0 Å². The van der Waals surface area contributed by atoms with E-state index in [0.717, 1.165) is 0 Å². The van der Waals surface area contributed by atoms with E-state index in [1.807, 2.05) is 13.8 Å². The van der Waals surface area contributed by atoms with Crippen LogP contribution in [0.3, 0.4) is 0 Å². The fourth-order valence-corrected chi connectivity index (χ4v) is 2.73. The Morgan fingerprint density at radius 3 is 2.24 bits per heavy atom. The van der Waals surface area contributed by atoms with E-state index in [2.05, 4.69) is 15.4 Å². The van der Waals surface area contributed by atoms with Crippen LogP contribution in [0.4, 0.5) is 10.5 Å². The molecule has 3 amide bonds. The minimum absolute atomic E-state index is 0.0604. The summed E-state index contributed by atoms with van der Waals surface area (Å²) in [7, 11) is 1.33. The van der Waals surface area contributed by atoms with E-state index in [1.165, 1.54) is 7.11 Å². The van der Waals surface area contributed by atoms with Crippen molar-refractivity contribution in [3.05, 3.63) is 29.8 Å². The molecular weight excluding hydrogens is 322 g/mol. The van der Waals surface area contributed by atoms with Crippen molar-refractivity contribution in [2.75, 3.05) is 25.5 Å². The molecule has 0 atom stereocenters. The molecule has 1 aliphatic heterocycles. The fraction of sp³-hybridized carbons (Fsp3) is 0.500. The number of anilines is 1. The summed E-state index contributed by atoms with van der Waals surface area (Å²) >= 11 is 0. The number of hydrogen-bond acceptors (Lipinski definition) is 4. The first-order chi connectivity index (χ1) is 11.9. The van der Waals surface area contributed by atoms with Crippen LogP contribution in [-0.4, -0.2) is 49.0 Å². The molecule has 25 heavy (non-hydrogen) atoms. The number of nitrogens with zero attached hydrogens (tertiary/aromatic N) is 1. The van der Waals surface area contributed by atoms with Crippen molar-refractivity contribution >= 4 is 23.6 Å². The Kier molecular flexibility index (Phi) is 6.38. The number of carbonyl (C=O) groups excluding carboxylic acids is 3. The maximum atomic E-state index is 12.4. The first kappa shape index (κ1) is 18.8. The summed E-state index contributed by atoms with van der Waals surface area (Å²) in [6, 6.07) is 6.60. The molecule has 2 rings (SSSR count). The number of methoxy groups -OCH3 is 1. The van der Waals surface area contributed by atoms with Crippen molar-refractivity contribution in [3.8, 4) is 0 Å². The standard InChI is InChI=1S/C18H25N3O4/c1-12(2)19-18(24)21-10-8-13(9-11-21)16(22)20-15-6-4-14(5-7-15)17(23)25-3/h4-7,12-13H,8-11H2,1-3H3,(H,19,24)(H,20,22). The highest BCUT2D eigenvalue weighted by Crippen LogP contribution is 2.20. The predicted molar refractivity (Wildman–Crippen MR) is 94.4 cm³/mol. The third-order valence-electron chi connectivity index (χ3n) is 4.14. The maximum absolute atomic E-state index is 12.4. The summed E-state index contributed by atoms with van der Waals surface area (Å²) in [4.78, 5) is 37.5. The molecule has 0 aliphatic carbocycles. The third kappa shape index (κ3) is 5.20. The zero-order chi connectivity index (χ0) is 18.4. The van der Waals surface area contributed by atoms with Gasteiger partial charge in [0.15, 0.2) is 0 Å². The van der Waals surface area contributed by atoms with Gasteiger partial charge in [-0.15, -0.1) is 0 Å². The lowest BCUT2D eigenvalue weighted by molar-refractivity contribution is -0.121. The van der Waals surface area contributed by atoms with Gasteiger partial charge in [-0.25, -0.2) is 9.59 Å². The lowest BCUT2D eigenvalue weighted by atomic mass is 9.96. The molecule has 0 saturated carbocycles. The van der Waals surface area contributed by atoms with Crippen LogP contribution in [0.5, 0.6) is 0 Å². The van der Waals surface area contributed by atoms with Gasteiger partial charge in [-0.3, -0.25) is 4.79 Å². The summed E-state index contributed by atoms with van der Waals surface area (Å²) in [6.45, 7) is 4.98. The minimum atomic E-state index is -0.412. The molecule has 1 aromatic carbocycles. The van der Waals surface area contributed by atoms with Gasteiger partial charge in [-0.1, -0.05) is 0 Å². The third-order valence-corrected chi connectivity index (χ3v) is 4.14. The highest BCUT2D eigenvalue weighted by molar-refractivity contribution is 5.94. The van der Waals surface area contributed by atoms with E-state index >= 15 is 0 Å². The highest BCUT2D eigenvalue weighted by Gasteiger charge is 2.27. The summed E-state index contributed by atoms with van der Waals surface area (Å²) in [6.07, 6.45) is 1.27. The SMILES string of the molecule is COC(=O)c1ccc(NC(=O)C2CCN(C(=O)NC(C)C)CC2)cc1. The van der Waals surface area contributed by atoms with E-state index in [-0.39, 0.29) is 23.9 Å². The molecule has 0 spiro atoms. The molecule has 0 unspecified atom stereocenters. The Bertz CT molecular complexity index is 620. The van der Waals surface area contributed by atoms with E-state index < -0.39 is 5.97 Å². The second-order valence-corrected chi connectivity index (χ2v) is 6.42. The van der Waals surface area contributed by atoms with Crippen molar-refractivity contribution in [1.29, 1.82) is 0 Å². The average molecular weight is 347 g/mol. The van der Waals surface area contributed by atoms with Gasteiger partial charge in [0.2, 0.25) is 5.91 Å². The molecular formula is C18H25N3O4. The first-order valence-electron chi connectivity index (χ1n) is 8.45. The molecule has 0 radical (unpaired) electrons. The van der Waals surface area contributed by atoms with Crippen LogP contribution in [0, 0.1) is 5.92 Å². The van der Waals surface area contributed by atoms with Crippen LogP contribution in [0.25, 0.3) is 0 Å². The topological polar surface area (TPSA) is 87.7 Å². The number of likely N-dealkylation sites (tertiary alicyclic amines) is 1. The minimum Gasteiger partial charge on any atom is -0.465 e. The number of hydrogen-bond donors (Lipinski definition) is 2. The monoisotopic (exact) mass is 347 g/mol. The Morgan fingerprint density at radius 2 is 1.72 bits per heavy atom. The quantitative estimate of drug-likeness (QED) is 0.818. The molecule has 0 aromatic heterocycles. The zero-order valence-corrected chi connectivity index (χ0v) is 14.9. The normalized spacial score (nSPS) is 15.0. The first-order valence-corrected chi connectivity index (χ1v) is 8.45. The summed E-state index contributed by atoms with van der Waals surface area (Å²) in [5.41, 5.74) is 1.07. The molecule has 0 bridgehead atoms. The molecule has 136 valence electrons. The predicted octanol–water partition coefficient (Wildman–Crippen LogP) is 2.24. The van der Waals surface area contributed by atoms with E-state index in [1.54, 1.807) is 29.2 Å². The van der Waals surface area contributed by atoms with E-state index in [0.29, 0.717) is 37.2 Å². The van der Waals surface area contributed by atoms with Gasteiger partial charge in [0.1, 0.15) is 0 Å². The molecule has 7 heteroatoms. The molecule has 1 heterocycles. The number of nitrogens with one attached hydrogen (secondary N) is 2. The zero-order valence-electron chi connectivity index (χ0n) is 14.9. The number of rotatable bonds is 4. The number of benzene rings is 1. The van der Waals surface area contributed by atoms with Gasteiger partial charge < -0.3 is 20.3 Å². The maximum Gasteiger partial charge on any atom is 0.337 e. The Morgan fingerprint density at radius 1 is 1.12 bits per heavy atom. The van der Waals surface area contributed by atoms with Crippen molar-refractivity contribution < 1.29 is 19.1 Å². The fourth-order valence-electron chi connectivity index (χ4n) is 2.73. The van der Waals surface area contributed by atoms with Gasteiger partial charge >= 0.3 is 12.0 Å². The Balaban J connectivity index is 1.84. The van der Waals surface area contributed by atoms with Crippen LogP contribution in [0.2, 0.25) is 0 Å². The van der Waals surface area contributed by atoms with Gasteiger partial charge in [-0.2, -0.15) is 0 Å². The van der Waals surface area contributed by atoms with Crippen LogP contribution >= 0.6 is 0 Å².